The summed E-state index contributed by atoms with van der Waals surface area (Å²) in [4.78, 5) is 13.7. The molecule has 0 saturated carbocycles. The van der Waals surface area contributed by atoms with Gasteiger partial charge in [0.1, 0.15) is 6.04 Å². The van der Waals surface area contributed by atoms with E-state index in [4.69, 9.17) is 17.3 Å². The summed E-state index contributed by atoms with van der Waals surface area (Å²) in [5, 5.41) is 4.11. The van der Waals surface area contributed by atoms with Crippen molar-refractivity contribution >= 4 is 23.2 Å². The van der Waals surface area contributed by atoms with Crippen LogP contribution in [0.15, 0.2) is 18.2 Å². The van der Waals surface area contributed by atoms with E-state index >= 15 is 0 Å². The highest BCUT2D eigenvalue weighted by atomic mass is 35.5. The molecule has 1 fully saturated rings. The van der Waals surface area contributed by atoms with Crippen LogP contribution in [0.4, 0.5) is 5.69 Å². The average Bonchev–Trinajstić information content (AvgIpc) is 2.86. The fourth-order valence-electron chi connectivity index (χ4n) is 2.65. The number of nitrogens with one attached hydrogen (secondary N) is 1. The number of nitrogens with zero attached hydrogens (tertiary/aromatic N) is 1. The Morgan fingerprint density at radius 3 is 2.95 bits per heavy atom. The summed E-state index contributed by atoms with van der Waals surface area (Å²) in [6.45, 7) is 5.73. The van der Waals surface area contributed by atoms with Crippen LogP contribution in [0, 0.1) is 0 Å². The van der Waals surface area contributed by atoms with Gasteiger partial charge in [-0.15, -0.1) is 0 Å². The summed E-state index contributed by atoms with van der Waals surface area (Å²) < 4.78 is 0. The molecule has 5 heteroatoms. The Hall–Kier alpha value is -1.26. The first-order valence-electron chi connectivity index (χ1n) is 7.07. The zero-order valence-electron chi connectivity index (χ0n) is 12.0. The maximum Gasteiger partial charge on any atom is 0.240 e. The van der Waals surface area contributed by atoms with E-state index in [-0.39, 0.29) is 11.9 Å². The molecule has 1 aliphatic rings. The lowest BCUT2D eigenvalue weighted by atomic mass is 10.1. The first-order chi connectivity index (χ1) is 9.50. The molecule has 0 aliphatic carbocycles. The molecule has 0 bridgehead atoms. The Bertz CT molecular complexity index is 490. The van der Waals surface area contributed by atoms with Crippen LogP contribution < -0.4 is 16.0 Å². The molecule has 0 radical (unpaired) electrons. The van der Waals surface area contributed by atoms with Crippen molar-refractivity contribution < 1.29 is 4.79 Å². The van der Waals surface area contributed by atoms with Crippen LogP contribution in [-0.4, -0.2) is 24.5 Å². The van der Waals surface area contributed by atoms with E-state index < -0.39 is 0 Å². The fourth-order valence-corrected chi connectivity index (χ4v) is 2.88. The molecule has 1 aliphatic heterocycles. The van der Waals surface area contributed by atoms with Crippen LogP contribution in [0.5, 0.6) is 0 Å². The van der Waals surface area contributed by atoms with Crippen LogP contribution in [0.25, 0.3) is 0 Å². The number of rotatable bonds is 5. The van der Waals surface area contributed by atoms with Crippen molar-refractivity contribution in [3.05, 3.63) is 28.8 Å². The van der Waals surface area contributed by atoms with Crippen LogP contribution in [0.1, 0.15) is 32.3 Å². The summed E-state index contributed by atoms with van der Waals surface area (Å²) in [5.74, 6) is -0.259. The summed E-state index contributed by atoms with van der Waals surface area (Å²) in [6.07, 6.45) is 1.80. The largest absolute Gasteiger partial charge is 0.368 e. The Morgan fingerprint density at radius 1 is 1.55 bits per heavy atom. The van der Waals surface area contributed by atoms with Gasteiger partial charge in [0, 0.05) is 35.4 Å². The van der Waals surface area contributed by atoms with E-state index in [1.807, 2.05) is 18.2 Å². The molecule has 0 spiro atoms. The predicted octanol–water partition coefficient (Wildman–Crippen LogP) is 2.29. The molecule has 1 unspecified atom stereocenters. The summed E-state index contributed by atoms with van der Waals surface area (Å²) >= 11 is 6.34. The molecule has 20 heavy (non-hydrogen) atoms. The molecule has 2 rings (SSSR count). The molecule has 1 heterocycles. The second-order valence-electron chi connectivity index (χ2n) is 5.53. The summed E-state index contributed by atoms with van der Waals surface area (Å²) in [5.41, 5.74) is 7.56. The van der Waals surface area contributed by atoms with Gasteiger partial charge in [-0.05, 0) is 25.0 Å². The van der Waals surface area contributed by atoms with Crippen LogP contribution in [-0.2, 0) is 11.3 Å². The molecule has 1 aromatic rings. The first-order valence-corrected chi connectivity index (χ1v) is 7.45. The number of carbonyl (C=O) groups is 1. The molecular weight excluding hydrogens is 274 g/mol. The van der Waals surface area contributed by atoms with Crippen molar-refractivity contribution in [2.75, 3.05) is 11.4 Å². The average molecular weight is 296 g/mol. The SMILES string of the molecule is CC(C)NCc1c(Cl)cccc1N1CCCC1C(N)=O. The van der Waals surface area contributed by atoms with Crippen molar-refractivity contribution in [2.45, 2.75) is 45.3 Å². The lowest BCUT2D eigenvalue weighted by molar-refractivity contribution is -0.119. The third kappa shape index (κ3) is 3.25. The van der Waals surface area contributed by atoms with Gasteiger partial charge in [0.25, 0.3) is 0 Å². The van der Waals surface area contributed by atoms with E-state index in [1.54, 1.807) is 0 Å². The van der Waals surface area contributed by atoms with Gasteiger partial charge in [-0.1, -0.05) is 31.5 Å². The van der Waals surface area contributed by atoms with Gasteiger partial charge in [-0.25, -0.2) is 0 Å². The number of halogens is 1. The quantitative estimate of drug-likeness (QED) is 0.876. The Balaban J connectivity index is 2.30. The fraction of sp³-hybridized carbons (Fsp3) is 0.533. The van der Waals surface area contributed by atoms with Crippen molar-refractivity contribution in [1.82, 2.24) is 5.32 Å². The highest BCUT2D eigenvalue weighted by Gasteiger charge is 2.30. The second-order valence-corrected chi connectivity index (χ2v) is 5.93. The molecule has 3 N–H and O–H groups in total. The highest BCUT2D eigenvalue weighted by molar-refractivity contribution is 6.31. The van der Waals surface area contributed by atoms with Gasteiger partial charge in [0.05, 0.1) is 0 Å². The predicted molar refractivity (Wildman–Crippen MR) is 83.0 cm³/mol. The Labute approximate surface area is 125 Å². The van der Waals surface area contributed by atoms with Crippen LogP contribution in [0.2, 0.25) is 5.02 Å². The molecule has 1 atom stereocenters. The van der Waals surface area contributed by atoms with Gasteiger partial charge in [-0.3, -0.25) is 4.79 Å². The second kappa shape index (κ2) is 6.46. The number of nitrogens with two attached hydrogens (primary N) is 1. The van der Waals surface area contributed by atoms with Gasteiger partial charge >= 0.3 is 0 Å². The minimum Gasteiger partial charge on any atom is -0.368 e. The molecule has 4 nitrogen and oxygen atoms in total. The summed E-state index contributed by atoms with van der Waals surface area (Å²) in [7, 11) is 0. The van der Waals surface area contributed by atoms with Crippen molar-refractivity contribution in [3.8, 4) is 0 Å². The molecule has 1 amide bonds. The minimum absolute atomic E-state index is 0.216. The van der Waals surface area contributed by atoms with E-state index in [0.29, 0.717) is 12.6 Å². The number of anilines is 1. The number of hydrogen-bond acceptors (Lipinski definition) is 3. The van der Waals surface area contributed by atoms with Crippen LogP contribution in [0.3, 0.4) is 0 Å². The Morgan fingerprint density at radius 2 is 2.30 bits per heavy atom. The van der Waals surface area contributed by atoms with Crippen molar-refractivity contribution in [2.24, 2.45) is 5.73 Å². The molecule has 1 saturated heterocycles. The van der Waals surface area contributed by atoms with Gasteiger partial charge in [0.2, 0.25) is 5.91 Å². The third-order valence-electron chi connectivity index (χ3n) is 3.67. The molecule has 1 aromatic carbocycles. The maximum atomic E-state index is 11.6. The van der Waals surface area contributed by atoms with Crippen molar-refractivity contribution in [3.63, 3.8) is 0 Å². The number of primary amides is 1. The molecular formula is C15H22ClN3O. The normalized spacial score (nSPS) is 18.8. The van der Waals surface area contributed by atoms with Crippen molar-refractivity contribution in [1.29, 1.82) is 0 Å². The van der Waals surface area contributed by atoms with Gasteiger partial charge in [-0.2, -0.15) is 0 Å². The zero-order chi connectivity index (χ0) is 14.7. The molecule has 0 aromatic heterocycles. The standard InChI is InChI=1S/C15H22ClN3O/c1-10(2)18-9-11-12(16)5-3-6-13(11)19-8-4-7-14(19)15(17)20/h3,5-6,10,14,18H,4,7-9H2,1-2H3,(H2,17,20). The van der Waals surface area contributed by atoms with E-state index in [9.17, 15) is 4.79 Å². The van der Waals surface area contributed by atoms with Gasteiger partial charge < -0.3 is 16.0 Å². The van der Waals surface area contributed by atoms with E-state index in [1.165, 1.54) is 0 Å². The lowest BCUT2D eigenvalue weighted by Gasteiger charge is -2.27. The minimum atomic E-state index is -0.259. The highest BCUT2D eigenvalue weighted by Crippen LogP contribution is 2.32. The Kier molecular flexibility index (Phi) is 4.89. The zero-order valence-corrected chi connectivity index (χ0v) is 12.8. The molecule has 110 valence electrons. The number of hydrogen-bond donors (Lipinski definition) is 2. The number of carbonyl (C=O) groups excluding carboxylic acids is 1. The third-order valence-corrected chi connectivity index (χ3v) is 4.03. The smallest absolute Gasteiger partial charge is 0.240 e. The maximum absolute atomic E-state index is 11.6. The topological polar surface area (TPSA) is 58.4 Å². The first kappa shape index (κ1) is 15.1. The van der Waals surface area contributed by atoms with Gasteiger partial charge in [0.15, 0.2) is 0 Å². The monoisotopic (exact) mass is 295 g/mol. The number of benzene rings is 1. The van der Waals surface area contributed by atoms with E-state index in [0.717, 1.165) is 35.7 Å². The van der Waals surface area contributed by atoms with E-state index in [2.05, 4.69) is 24.1 Å². The lowest BCUT2D eigenvalue weighted by Crippen LogP contribution is -2.41. The summed E-state index contributed by atoms with van der Waals surface area (Å²) in [6, 6.07) is 5.99. The van der Waals surface area contributed by atoms with Crippen LogP contribution >= 0.6 is 11.6 Å². The number of amides is 1.